The number of aliphatic hydroxyl groups excluding tert-OH is 1. The van der Waals surface area contributed by atoms with E-state index < -0.39 is 22.6 Å². The van der Waals surface area contributed by atoms with Crippen molar-refractivity contribution < 1.29 is 24.2 Å². The van der Waals surface area contributed by atoms with Gasteiger partial charge in [0.05, 0.1) is 23.2 Å². The minimum absolute atomic E-state index is 0.0161. The van der Waals surface area contributed by atoms with E-state index in [2.05, 4.69) is 5.32 Å². The van der Waals surface area contributed by atoms with Gasteiger partial charge >= 0.3 is 5.97 Å². The van der Waals surface area contributed by atoms with Crippen molar-refractivity contribution >= 4 is 29.5 Å². The van der Waals surface area contributed by atoms with Crippen molar-refractivity contribution in [2.75, 3.05) is 19.8 Å². The van der Waals surface area contributed by atoms with Crippen LogP contribution < -0.4 is 5.32 Å². The van der Waals surface area contributed by atoms with Crippen LogP contribution in [0, 0.1) is 11.8 Å². The molecule has 3 saturated heterocycles. The van der Waals surface area contributed by atoms with Gasteiger partial charge in [0.1, 0.15) is 6.04 Å². The number of rotatable bonds is 8. The monoisotopic (exact) mass is 432 g/mol. The van der Waals surface area contributed by atoms with Gasteiger partial charge in [-0.15, -0.1) is 11.8 Å². The van der Waals surface area contributed by atoms with E-state index in [0.717, 1.165) is 18.4 Å². The number of carbonyl (C=O) groups excluding carboxylic acids is 3. The van der Waals surface area contributed by atoms with Crippen molar-refractivity contribution in [1.29, 1.82) is 0 Å². The molecule has 2 unspecified atom stereocenters. The molecule has 2 N–H and O–H groups in total. The van der Waals surface area contributed by atoms with Gasteiger partial charge in [0.25, 0.3) is 0 Å². The van der Waals surface area contributed by atoms with Gasteiger partial charge in [-0.3, -0.25) is 14.4 Å². The smallest absolute Gasteiger partial charge is 0.310 e. The molecule has 30 heavy (non-hydrogen) atoms. The number of benzene rings is 1. The quantitative estimate of drug-likeness (QED) is 0.602. The van der Waals surface area contributed by atoms with Crippen LogP contribution in [0.15, 0.2) is 30.3 Å². The summed E-state index contributed by atoms with van der Waals surface area (Å²) in [6, 6.07) is 9.00. The molecule has 4 rings (SSSR count). The summed E-state index contributed by atoms with van der Waals surface area (Å²) in [5.41, 5.74) is 0.985. The Morgan fingerprint density at radius 3 is 2.80 bits per heavy atom. The van der Waals surface area contributed by atoms with E-state index in [9.17, 15) is 19.5 Å². The van der Waals surface area contributed by atoms with Crippen LogP contribution in [-0.2, 0) is 25.7 Å². The minimum Gasteiger partial charge on any atom is -0.466 e. The van der Waals surface area contributed by atoms with Gasteiger partial charge in [-0.1, -0.05) is 30.3 Å². The number of esters is 1. The van der Waals surface area contributed by atoms with Crippen molar-refractivity contribution in [1.82, 2.24) is 10.2 Å². The minimum atomic E-state index is -0.639. The van der Waals surface area contributed by atoms with Crippen LogP contribution in [0.1, 0.15) is 31.7 Å². The van der Waals surface area contributed by atoms with Gasteiger partial charge < -0.3 is 20.1 Å². The number of ether oxygens (including phenoxy) is 1. The normalized spacial score (nSPS) is 31.7. The average Bonchev–Trinajstić information content (AvgIpc) is 3.39. The van der Waals surface area contributed by atoms with Crippen molar-refractivity contribution in [3.8, 4) is 0 Å². The number of hydrogen-bond acceptors (Lipinski definition) is 6. The Kier molecular flexibility index (Phi) is 6.06. The van der Waals surface area contributed by atoms with E-state index >= 15 is 0 Å². The van der Waals surface area contributed by atoms with E-state index in [1.807, 2.05) is 30.3 Å². The average molecular weight is 433 g/mol. The van der Waals surface area contributed by atoms with E-state index in [-0.39, 0.29) is 36.2 Å². The highest BCUT2D eigenvalue weighted by Gasteiger charge is 2.73. The molecule has 3 aliphatic rings. The Bertz CT molecular complexity index is 819. The molecule has 0 radical (unpaired) electrons. The summed E-state index contributed by atoms with van der Waals surface area (Å²) in [5.74, 6) is -1.71. The Balaban J connectivity index is 1.61. The van der Waals surface area contributed by atoms with Crippen molar-refractivity contribution in [2.24, 2.45) is 11.8 Å². The van der Waals surface area contributed by atoms with Crippen molar-refractivity contribution in [3.63, 3.8) is 0 Å². The fourth-order valence-electron chi connectivity index (χ4n) is 5.32. The number of thioether (sulfide) groups is 1. The summed E-state index contributed by atoms with van der Waals surface area (Å²) >= 11 is 1.62. The number of aliphatic hydroxyl groups is 1. The number of nitrogens with zero attached hydrogens (tertiary/aromatic N) is 1. The number of nitrogens with one attached hydrogen (secondary N) is 1. The van der Waals surface area contributed by atoms with Gasteiger partial charge in [0.15, 0.2) is 0 Å². The maximum atomic E-state index is 13.4. The van der Waals surface area contributed by atoms with Crippen LogP contribution in [0.5, 0.6) is 0 Å². The predicted octanol–water partition coefficient (Wildman–Crippen LogP) is 1.34. The van der Waals surface area contributed by atoms with Crippen molar-refractivity contribution in [3.05, 3.63) is 35.9 Å². The number of fused-ring (bicyclic) bond motifs is 1. The highest BCUT2D eigenvalue weighted by molar-refractivity contribution is 8.02. The molecule has 8 heteroatoms. The maximum absolute atomic E-state index is 13.4. The van der Waals surface area contributed by atoms with E-state index in [0.29, 0.717) is 19.5 Å². The second-order valence-corrected chi connectivity index (χ2v) is 9.72. The van der Waals surface area contributed by atoms with Crippen molar-refractivity contribution in [2.45, 2.75) is 48.8 Å². The molecule has 1 aromatic carbocycles. The number of hydrogen-bond donors (Lipinski definition) is 2. The first-order chi connectivity index (χ1) is 14.5. The molecular weight excluding hydrogens is 404 g/mol. The lowest BCUT2D eigenvalue weighted by Gasteiger charge is -2.34. The topological polar surface area (TPSA) is 95.9 Å². The van der Waals surface area contributed by atoms with E-state index in [1.165, 1.54) is 0 Å². The zero-order valence-corrected chi connectivity index (χ0v) is 17.9. The molecule has 1 spiro atoms. The van der Waals surface area contributed by atoms with Gasteiger partial charge in [0, 0.05) is 24.9 Å². The number of amides is 2. The van der Waals surface area contributed by atoms with Crippen LogP contribution in [0.2, 0.25) is 0 Å². The molecule has 7 nitrogen and oxygen atoms in total. The second kappa shape index (κ2) is 8.59. The lowest BCUT2D eigenvalue weighted by atomic mass is 9.71. The molecule has 162 valence electrons. The molecule has 3 heterocycles. The molecule has 0 saturated carbocycles. The zero-order chi connectivity index (χ0) is 21.3. The Morgan fingerprint density at radius 2 is 2.10 bits per heavy atom. The summed E-state index contributed by atoms with van der Waals surface area (Å²) in [4.78, 5) is 41.1. The Labute approximate surface area is 180 Å². The first kappa shape index (κ1) is 21.2. The molecule has 1 aromatic rings. The summed E-state index contributed by atoms with van der Waals surface area (Å²) < 4.78 is 4.68. The highest BCUT2D eigenvalue weighted by atomic mass is 32.2. The molecule has 2 bridgehead atoms. The predicted molar refractivity (Wildman–Crippen MR) is 112 cm³/mol. The molecule has 0 aromatic heterocycles. The van der Waals surface area contributed by atoms with Gasteiger partial charge in [-0.2, -0.15) is 0 Å². The fraction of sp³-hybridized carbons (Fsp3) is 0.591. The van der Waals surface area contributed by atoms with Crippen LogP contribution >= 0.6 is 11.8 Å². The Hall–Kier alpha value is -2.06. The fourth-order valence-corrected chi connectivity index (χ4v) is 7.53. The molecule has 2 amide bonds. The third-order valence-corrected chi connectivity index (χ3v) is 8.43. The van der Waals surface area contributed by atoms with E-state index in [4.69, 9.17) is 4.74 Å². The third kappa shape index (κ3) is 3.39. The van der Waals surface area contributed by atoms with Crippen LogP contribution in [0.4, 0.5) is 0 Å². The molecule has 0 aliphatic carbocycles. The third-order valence-electron chi connectivity index (χ3n) is 6.47. The van der Waals surface area contributed by atoms with Gasteiger partial charge in [0.2, 0.25) is 11.8 Å². The molecule has 3 aliphatic heterocycles. The molecule has 3 fully saturated rings. The van der Waals surface area contributed by atoms with Gasteiger partial charge in [-0.05, 0) is 31.7 Å². The summed E-state index contributed by atoms with van der Waals surface area (Å²) in [5, 5.41) is 12.3. The Morgan fingerprint density at radius 1 is 1.33 bits per heavy atom. The van der Waals surface area contributed by atoms with Crippen LogP contribution in [0.3, 0.4) is 0 Å². The van der Waals surface area contributed by atoms with Gasteiger partial charge in [-0.25, -0.2) is 0 Å². The first-order valence-corrected chi connectivity index (χ1v) is 11.5. The number of carbonyl (C=O) groups is 3. The van der Waals surface area contributed by atoms with Crippen LogP contribution in [-0.4, -0.2) is 63.6 Å². The molecular formula is C22H28N2O5S. The number of likely N-dealkylation sites (tertiary alicyclic amines) is 1. The SMILES string of the molecule is CCOC(=O)[C@@H]1[C@@H]2CCC3(S2)C(C(=O)NCc2ccccc2)N(CCCO)C(=O)[C@H]13. The summed E-state index contributed by atoms with van der Waals surface area (Å²) in [6.07, 6.45) is 1.93. The largest absolute Gasteiger partial charge is 0.466 e. The zero-order valence-electron chi connectivity index (χ0n) is 17.1. The lowest BCUT2D eigenvalue weighted by molar-refractivity contribution is -0.153. The van der Waals surface area contributed by atoms with Crippen LogP contribution in [0.25, 0.3) is 0 Å². The first-order valence-electron chi connectivity index (χ1n) is 10.6. The summed E-state index contributed by atoms with van der Waals surface area (Å²) in [7, 11) is 0. The van der Waals surface area contributed by atoms with E-state index in [1.54, 1.807) is 23.6 Å². The maximum Gasteiger partial charge on any atom is 0.310 e. The summed E-state index contributed by atoms with van der Waals surface area (Å²) in [6.45, 7) is 2.66. The highest BCUT2D eigenvalue weighted by Crippen LogP contribution is 2.66. The molecule has 5 atom stereocenters. The standard InChI is InChI=1S/C22H28N2O5S/c1-2-29-21(28)16-15-9-10-22(30-15)17(16)20(27)24(11-6-12-25)18(22)19(26)23-13-14-7-4-3-5-8-14/h3-5,7-8,15-18,25H,2,6,9-13H2,1H3,(H,23,26)/t15-,16+,17-,18?,22?/m0/s1. The lowest BCUT2D eigenvalue weighted by Crippen LogP contribution is -2.53. The second-order valence-electron chi connectivity index (χ2n) is 8.12.